The Morgan fingerprint density at radius 2 is 2.11 bits per heavy atom. The average Bonchev–Trinajstić information content (AvgIpc) is 2.69. The van der Waals surface area contributed by atoms with Crippen molar-refractivity contribution < 1.29 is 0 Å². The summed E-state index contributed by atoms with van der Waals surface area (Å²) in [6, 6.07) is 7.56. The van der Waals surface area contributed by atoms with Gasteiger partial charge in [-0.05, 0) is 49.7 Å². The van der Waals surface area contributed by atoms with Crippen molar-refractivity contribution in [2.24, 2.45) is 11.1 Å². The fourth-order valence-electron chi connectivity index (χ4n) is 3.28. The van der Waals surface area contributed by atoms with Crippen LogP contribution in [-0.2, 0) is 0 Å². The molecule has 2 atom stereocenters. The van der Waals surface area contributed by atoms with E-state index in [9.17, 15) is 0 Å². The third-order valence-electron chi connectivity index (χ3n) is 4.45. The second-order valence-electron chi connectivity index (χ2n) is 6.92. The van der Waals surface area contributed by atoms with Crippen LogP contribution in [0.4, 0.5) is 0 Å². The summed E-state index contributed by atoms with van der Waals surface area (Å²) in [6.45, 7) is 9.72. The molecule has 2 rings (SSSR count). The van der Waals surface area contributed by atoms with Crippen LogP contribution < -0.4 is 11.1 Å². The lowest BCUT2D eigenvalue weighted by atomic mass is 9.91. The van der Waals surface area contributed by atoms with Crippen molar-refractivity contribution in [3.05, 3.63) is 34.9 Å². The highest BCUT2D eigenvalue weighted by atomic mass is 15.0. The Morgan fingerprint density at radius 1 is 1.37 bits per heavy atom. The number of nitrogens with one attached hydrogen (secondary N) is 1. The minimum absolute atomic E-state index is 0.291. The second-order valence-corrected chi connectivity index (χ2v) is 6.92. The van der Waals surface area contributed by atoms with E-state index in [2.05, 4.69) is 51.2 Å². The summed E-state index contributed by atoms with van der Waals surface area (Å²) < 4.78 is 0. The molecule has 1 aliphatic carbocycles. The van der Waals surface area contributed by atoms with Gasteiger partial charge in [-0.2, -0.15) is 0 Å². The first-order chi connectivity index (χ1) is 8.91. The van der Waals surface area contributed by atoms with E-state index in [4.69, 9.17) is 5.73 Å². The van der Waals surface area contributed by atoms with Gasteiger partial charge in [-0.1, -0.05) is 37.6 Å². The largest absolute Gasteiger partial charge is 0.329 e. The van der Waals surface area contributed by atoms with E-state index in [1.807, 2.05) is 0 Å². The summed E-state index contributed by atoms with van der Waals surface area (Å²) >= 11 is 0. The second kappa shape index (κ2) is 5.64. The van der Waals surface area contributed by atoms with Gasteiger partial charge >= 0.3 is 0 Å². The van der Waals surface area contributed by atoms with E-state index < -0.39 is 0 Å². The van der Waals surface area contributed by atoms with E-state index in [0.717, 1.165) is 0 Å². The van der Waals surface area contributed by atoms with Crippen LogP contribution in [0.15, 0.2) is 18.2 Å². The maximum absolute atomic E-state index is 6.01. The van der Waals surface area contributed by atoms with Crippen LogP contribution in [0.25, 0.3) is 0 Å². The quantitative estimate of drug-likeness (QED) is 0.870. The molecule has 2 nitrogen and oxygen atoms in total. The molecular formula is C17H28N2. The van der Waals surface area contributed by atoms with Crippen LogP contribution in [0.5, 0.6) is 0 Å². The third kappa shape index (κ3) is 3.58. The van der Waals surface area contributed by atoms with E-state index in [-0.39, 0.29) is 0 Å². The lowest BCUT2D eigenvalue weighted by Gasteiger charge is -2.25. The average molecular weight is 260 g/mol. The number of hydrogen-bond donors (Lipinski definition) is 2. The molecule has 106 valence electrons. The maximum atomic E-state index is 6.01. The molecule has 0 amide bonds. The third-order valence-corrected chi connectivity index (χ3v) is 4.45. The zero-order valence-corrected chi connectivity index (χ0v) is 12.8. The monoisotopic (exact) mass is 260 g/mol. The highest BCUT2D eigenvalue weighted by Gasteiger charge is 2.32. The van der Waals surface area contributed by atoms with E-state index in [1.165, 1.54) is 36.0 Å². The smallest absolute Gasteiger partial charge is 0.0449 e. The molecule has 3 N–H and O–H groups in total. The normalized spacial score (nSPS) is 23.5. The molecule has 0 heterocycles. The number of rotatable bonds is 4. The summed E-state index contributed by atoms with van der Waals surface area (Å²) in [6.07, 6.45) is 3.84. The van der Waals surface area contributed by atoms with Crippen LogP contribution >= 0.6 is 0 Å². The van der Waals surface area contributed by atoms with Crippen molar-refractivity contribution in [2.75, 3.05) is 6.54 Å². The molecule has 1 saturated carbocycles. The first kappa shape index (κ1) is 14.5. The molecule has 0 aromatic heterocycles. The molecule has 0 spiro atoms. The Bertz CT molecular complexity index is 437. The van der Waals surface area contributed by atoms with Gasteiger partial charge in [0.1, 0.15) is 0 Å². The predicted octanol–water partition coefficient (Wildman–Crippen LogP) is 3.47. The zero-order chi connectivity index (χ0) is 14.0. The topological polar surface area (TPSA) is 38.0 Å². The van der Waals surface area contributed by atoms with Crippen molar-refractivity contribution in [1.29, 1.82) is 0 Å². The highest BCUT2D eigenvalue weighted by molar-refractivity contribution is 5.33. The van der Waals surface area contributed by atoms with Crippen molar-refractivity contribution in [3.8, 4) is 0 Å². The number of hydrogen-bond acceptors (Lipinski definition) is 2. The Hall–Kier alpha value is -0.860. The van der Waals surface area contributed by atoms with Crippen molar-refractivity contribution in [3.63, 3.8) is 0 Å². The number of nitrogens with two attached hydrogens (primary N) is 1. The van der Waals surface area contributed by atoms with Gasteiger partial charge in [-0.25, -0.2) is 0 Å². The molecule has 1 fully saturated rings. The van der Waals surface area contributed by atoms with E-state index >= 15 is 0 Å². The van der Waals surface area contributed by atoms with Crippen molar-refractivity contribution in [2.45, 2.75) is 59.0 Å². The van der Waals surface area contributed by atoms with Gasteiger partial charge in [-0.3, -0.25) is 0 Å². The summed E-state index contributed by atoms with van der Waals surface area (Å²) in [7, 11) is 0. The number of aryl methyl sites for hydroxylation is 2. The molecule has 0 bridgehead atoms. The number of benzene rings is 1. The van der Waals surface area contributed by atoms with E-state index in [0.29, 0.717) is 24.0 Å². The predicted molar refractivity (Wildman–Crippen MR) is 82.3 cm³/mol. The Labute approximate surface area is 117 Å². The molecule has 2 unspecified atom stereocenters. The zero-order valence-electron chi connectivity index (χ0n) is 12.8. The molecular weight excluding hydrogens is 232 g/mol. The van der Waals surface area contributed by atoms with Gasteiger partial charge in [0.15, 0.2) is 0 Å². The fourth-order valence-corrected chi connectivity index (χ4v) is 3.28. The summed E-state index contributed by atoms with van der Waals surface area (Å²) in [5.41, 5.74) is 10.5. The first-order valence-electron chi connectivity index (χ1n) is 7.44. The van der Waals surface area contributed by atoms with Crippen LogP contribution in [0.3, 0.4) is 0 Å². The molecule has 0 radical (unpaired) electrons. The van der Waals surface area contributed by atoms with Crippen LogP contribution in [-0.4, -0.2) is 12.6 Å². The minimum Gasteiger partial charge on any atom is -0.329 e. The summed E-state index contributed by atoms with van der Waals surface area (Å²) in [4.78, 5) is 0. The Kier molecular flexibility index (Phi) is 4.32. The molecule has 1 aromatic rings. The minimum atomic E-state index is 0.291. The van der Waals surface area contributed by atoms with Gasteiger partial charge in [0.05, 0.1) is 0 Å². The molecule has 0 aliphatic heterocycles. The lowest BCUT2D eigenvalue weighted by Crippen LogP contribution is -2.36. The van der Waals surface area contributed by atoms with Crippen LogP contribution in [0, 0.1) is 19.3 Å². The van der Waals surface area contributed by atoms with Gasteiger partial charge in [-0.15, -0.1) is 0 Å². The standard InChI is InChI=1S/C17H28N2/c1-12-5-6-13(2)15(9-12)16(11-18)19-14-7-8-17(3,4)10-14/h5-6,9,14,16,19H,7-8,10-11,18H2,1-4H3. The van der Waals surface area contributed by atoms with Gasteiger partial charge in [0.2, 0.25) is 0 Å². The molecule has 1 aliphatic rings. The first-order valence-corrected chi connectivity index (χ1v) is 7.44. The molecule has 1 aromatic carbocycles. The molecule has 19 heavy (non-hydrogen) atoms. The lowest BCUT2D eigenvalue weighted by molar-refractivity contribution is 0.353. The SMILES string of the molecule is Cc1ccc(C)c(C(CN)NC2CCC(C)(C)C2)c1. The van der Waals surface area contributed by atoms with Crippen molar-refractivity contribution >= 4 is 0 Å². The van der Waals surface area contributed by atoms with Crippen molar-refractivity contribution in [1.82, 2.24) is 5.32 Å². The maximum Gasteiger partial charge on any atom is 0.0449 e. The molecule has 0 saturated heterocycles. The summed E-state index contributed by atoms with van der Waals surface area (Å²) in [5.74, 6) is 0. The summed E-state index contributed by atoms with van der Waals surface area (Å²) in [5, 5.41) is 3.78. The van der Waals surface area contributed by atoms with Gasteiger partial charge < -0.3 is 11.1 Å². The molecule has 2 heteroatoms. The van der Waals surface area contributed by atoms with Crippen LogP contribution in [0.1, 0.15) is 55.8 Å². The van der Waals surface area contributed by atoms with Crippen LogP contribution in [0.2, 0.25) is 0 Å². The Morgan fingerprint density at radius 3 is 2.68 bits per heavy atom. The fraction of sp³-hybridized carbons (Fsp3) is 0.647. The highest BCUT2D eigenvalue weighted by Crippen LogP contribution is 2.37. The van der Waals surface area contributed by atoms with Gasteiger partial charge in [0.25, 0.3) is 0 Å². The Balaban J connectivity index is 2.10. The van der Waals surface area contributed by atoms with E-state index in [1.54, 1.807) is 0 Å². The van der Waals surface area contributed by atoms with Gasteiger partial charge in [0, 0.05) is 18.6 Å².